The van der Waals surface area contributed by atoms with E-state index < -0.39 is 5.79 Å². The van der Waals surface area contributed by atoms with E-state index in [4.69, 9.17) is 12.2 Å². The van der Waals surface area contributed by atoms with Crippen LogP contribution in [0.2, 0.25) is 0 Å². The predicted molar refractivity (Wildman–Crippen MR) is 41.8 cm³/mol. The van der Waals surface area contributed by atoms with Crippen molar-refractivity contribution in [3.63, 3.8) is 0 Å². The van der Waals surface area contributed by atoms with E-state index in [9.17, 15) is 0 Å². The number of hydrogen-bond acceptors (Lipinski definition) is 2. The Morgan fingerprint density at radius 2 is 1.64 bits per heavy atom. The SMILES string of the molecule is [2H]c1ccc([2H])c2c1OC(C)(C)O2. The standard InChI is InChI=1S/C9H10O2/c1-9(2)10-7-5-3-4-6-8(7)11-9/h3-6H,1-2H3/i5D,6D. The minimum absolute atomic E-state index is 0.261. The maximum Gasteiger partial charge on any atom is 0.246 e. The third kappa shape index (κ3) is 1.04. The zero-order valence-electron chi connectivity index (χ0n) is 8.47. The van der Waals surface area contributed by atoms with E-state index in [-0.39, 0.29) is 12.1 Å². The molecule has 1 aromatic carbocycles. The van der Waals surface area contributed by atoms with Crippen molar-refractivity contribution in [3.05, 3.63) is 24.2 Å². The van der Waals surface area contributed by atoms with Crippen LogP contribution < -0.4 is 9.47 Å². The summed E-state index contributed by atoms with van der Waals surface area (Å²) >= 11 is 0. The van der Waals surface area contributed by atoms with Gasteiger partial charge < -0.3 is 9.47 Å². The number of fused-ring (bicyclic) bond motifs is 1. The van der Waals surface area contributed by atoms with Gasteiger partial charge in [-0.15, -0.1) is 0 Å². The molecular formula is C9H10O2. The normalized spacial score (nSPS) is 20.9. The van der Waals surface area contributed by atoms with Crippen molar-refractivity contribution >= 4 is 0 Å². The van der Waals surface area contributed by atoms with Crippen molar-refractivity contribution in [2.24, 2.45) is 0 Å². The highest BCUT2D eigenvalue weighted by Crippen LogP contribution is 2.38. The van der Waals surface area contributed by atoms with Gasteiger partial charge in [-0.2, -0.15) is 0 Å². The molecule has 1 aliphatic rings. The van der Waals surface area contributed by atoms with Crippen LogP contribution >= 0.6 is 0 Å². The molecule has 0 aromatic heterocycles. The Bertz CT molecular complexity index is 328. The molecule has 1 heterocycles. The Balaban J connectivity index is 2.56. The molecule has 0 aliphatic carbocycles. The average molecular weight is 152 g/mol. The van der Waals surface area contributed by atoms with Gasteiger partial charge in [-0.1, -0.05) is 12.1 Å². The molecule has 2 nitrogen and oxygen atoms in total. The third-order valence-corrected chi connectivity index (χ3v) is 1.41. The number of ether oxygens (including phenoxy) is 2. The quantitative estimate of drug-likeness (QED) is 0.567. The minimum Gasteiger partial charge on any atom is -0.449 e. The zero-order valence-corrected chi connectivity index (χ0v) is 6.47. The van der Waals surface area contributed by atoms with Crippen molar-refractivity contribution < 1.29 is 12.2 Å². The first kappa shape index (κ1) is 4.65. The molecule has 58 valence electrons. The van der Waals surface area contributed by atoms with Crippen LogP contribution in [0.25, 0.3) is 0 Å². The fraction of sp³-hybridized carbons (Fsp3) is 0.333. The Morgan fingerprint density at radius 1 is 1.18 bits per heavy atom. The third-order valence-electron chi connectivity index (χ3n) is 1.41. The fourth-order valence-electron chi connectivity index (χ4n) is 1.03. The first-order valence-electron chi connectivity index (χ1n) is 4.48. The van der Waals surface area contributed by atoms with Gasteiger partial charge in [0.05, 0.1) is 2.74 Å². The largest absolute Gasteiger partial charge is 0.449 e. The summed E-state index contributed by atoms with van der Waals surface area (Å²) in [6.45, 7) is 3.51. The molecule has 1 aliphatic heterocycles. The van der Waals surface area contributed by atoms with E-state index in [2.05, 4.69) is 0 Å². The maximum atomic E-state index is 7.54. The smallest absolute Gasteiger partial charge is 0.246 e. The molecule has 0 unspecified atom stereocenters. The van der Waals surface area contributed by atoms with Gasteiger partial charge in [-0.3, -0.25) is 0 Å². The lowest BCUT2D eigenvalue weighted by Crippen LogP contribution is -2.29. The molecule has 0 bridgehead atoms. The average Bonchev–Trinajstić information content (AvgIpc) is 2.35. The Kier molecular flexibility index (Phi) is 0.806. The monoisotopic (exact) mass is 152 g/mol. The van der Waals surface area contributed by atoms with E-state index >= 15 is 0 Å². The molecule has 11 heavy (non-hydrogen) atoms. The molecule has 2 heteroatoms. The van der Waals surface area contributed by atoms with Crippen molar-refractivity contribution in [3.8, 4) is 11.5 Å². The van der Waals surface area contributed by atoms with E-state index in [1.165, 1.54) is 12.1 Å². The molecule has 0 saturated carbocycles. The molecule has 0 radical (unpaired) electrons. The van der Waals surface area contributed by atoms with Gasteiger partial charge >= 0.3 is 0 Å². The van der Waals surface area contributed by atoms with Gasteiger partial charge in [0.15, 0.2) is 11.5 Å². The van der Waals surface area contributed by atoms with Crippen LogP contribution in [0.4, 0.5) is 0 Å². The van der Waals surface area contributed by atoms with Crippen LogP contribution in [0.5, 0.6) is 11.5 Å². The van der Waals surface area contributed by atoms with Gasteiger partial charge in [0.1, 0.15) is 0 Å². The zero-order chi connectivity index (χ0) is 9.64. The number of para-hydroxylation sites is 2. The molecule has 0 saturated heterocycles. The Hall–Kier alpha value is -1.18. The van der Waals surface area contributed by atoms with E-state index in [1.807, 2.05) is 0 Å². The van der Waals surface area contributed by atoms with Crippen LogP contribution in [0, 0.1) is 0 Å². The lowest BCUT2D eigenvalue weighted by Gasteiger charge is -2.16. The summed E-state index contributed by atoms with van der Waals surface area (Å²) in [7, 11) is 0. The van der Waals surface area contributed by atoms with Crippen LogP contribution in [-0.2, 0) is 0 Å². The summed E-state index contributed by atoms with van der Waals surface area (Å²) in [4.78, 5) is 0. The first-order chi connectivity index (χ1) is 5.99. The fourth-order valence-corrected chi connectivity index (χ4v) is 1.03. The highest BCUT2D eigenvalue weighted by Gasteiger charge is 2.30. The molecule has 0 amide bonds. The van der Waals surface area contributed by atoms with Gasteiger partial charge in [0.25, 0.3) is 0 Å². The number of rotatable bonds is 0. The van der Waals surface area contributed by atoms with Gasteiger partial charge in [-0.25, -0.2) is 0 Å². The number of benzene rings is 1. The summed E-state index contributed by atoms with van der Waals surface area (Å²) in [6, 6.07) is 3.59. The second kappa shape index (κ2) is 1.91. The van der Waals surface area contributed by atoms with Crippen molar-refractivity contribution in [1.29, 1.82) is 0 Å². The minimum atomic E-state index is -0.755. The van der Waals surface area contributed by atoms with Crippen LogP contribution in [-0.4, -0.2) is 5.79 Å². The van der Waals surface area contributed by atoms with E-state index in [0.717, 1.165) is 0 Å². The Labute approximate surface area is 68.6 Å². The van der Waals surface area contributed by atoms with Gasteiger partial charge in [-0.05, 0) is 12.1 Å². The second-order valence-corrected chi connectivity index (χ2v) is 2.88. The van der Waals surface area contributed by atoms with Crippen molar-refractivity contribution in [1.82, 2.24) is 0 Å². The molecule has 0 spiro atoms. The van der Waals surface area contributed by atoms with Crippen molar-refractivity contribution in [2.45, 2.75) is 19.6 Å². The first-order valence-corrected chi connectivity index (χ1v) is 3.48. The lowest BCUT2D eigenvalue weighted by molar-refractivity contribution is -0.0431. The van der Waals surface area contributed by atoms with Gasteiger partial charge in [0, 0.05) is 13.8 Å². The van der Waals surface area contributed by atoms with Crippen LogP contribution in [0.15, 0.2) is 24.2 Å². The number of hydrogen-bond donors (Lipinski definition) is 0. The summed E-state index contributed by atoms with van der Waals surface area (Å²) in [5.41, 5.74) is 0. The Morgan fingerprint density at radius 3 is 2.09 bits per heavy atom. The molecule has 0 atom stereocenters. The van der Waals surface area contributed by atoms with Gasteiger partial charge in [0.2, 0.25) is 5.79 Å². The highest BCUT2D eigenvalue weighted by molar-refractivity contribution is 5.42. The van der Waals surface area contributed by atoms with Crippen molar-refractivity contribution in [2.75, 3.05) is 0 Å². The van der Waals surface area contributed by atoms with E-state index in [0.29, 0.717) is 11.5 Å². The molecule has 2 rings (SSSR count). The topological polar surface area (TPSA) is 18.5 Å². The van der Waals surface area contributed by atoms with Crippen LogP contribution in [0.3, 0.4) is 0 Å². The lowest BCUT2D eigenvalue weighted by atomic mass is 10.3. The summed E-state index contributed by atoms with van der Waals surface area (Å²) in [6.07, 6.45) is 0. The predicted octanol–water partition coefficient (Wildman–Crippen LogP) is 2.19. The van der Waals surface area contributed by atoms with Crippen LogP contribution in [0.1, 0.15) is 16.6 Å². The molecular weight excluding hydrogens is 140 g/mol. The summed E-state index contributed by atoms with van der Waals surface area (Å²) in [5.74, 6) is -0.00931. The molecule has 1 aromatic rings. The maximum absolute atomic E-state index is 7.54. The second-order valence-electron chi connectivity index (χ2n) is 2.88. The highest BCUT2D eigenvalue weighted by atomic mass is 16.7. The summed E-state index contributed by atoms with van der Waals surface area (Å²) < 4.78 is 25.8. The summed E-state index contributed by atoms with van der Waals surface area (Å²) in [5, 5.41) is 0. The van der Waals surface area contributed by atoms with E-state index in [1.54, 1.807) is 13.8 Å². The molecule has 0 fully saturated rings. The molecule has 0 N–H and O–H groups in total.